The van der Waals surface area contributed by atoms with Crippen LogP contribution in [-0.2, 0) is 6.54 Å². The zero-order valence-electron chi connectivity index (χ0n) is 11.3. The van der Waals surface area contributed by atoms with E-state index in [1.54, 1.807) is 23.0 Å². The number of aromatic nitrogens is 2. The minimum Gasteiger partial charge on any atom is -0.508 e. The van der Waals surface area contributed by atoms with Gasteiger partial charge < -0.3 is 15.5 Å². The van der Waals surface area contributed by atoms with Gasteiger partial charge in [0, 0.05) is 36.3 Å². The molecule has 106 valence electrons. The Labute approximate surface area is 122 Å². The Balaban J connectivity index is 1.75. The molecule has 0 amide bonds. The van der Waals surface area contributed by atoms with E-state index in [1.165, 1.54) is 6.07 Å². The van der Waals surface area contributed by atoms with Crippen molar-refractivity contribution < 1.29 is 10.2 Å². The number of benzene rings is 2. The van der Waals surface area contributed by atoms with E-state index in [1.807, 2.05) is 36.5 Å². The van der Waals surface area contributed by atoms with Crippen LogP contribution in [0.25, 0.3) is 5.69 Å². The molecule has 0 aliphatic rings. The molecular weight excluding hydrogens is 266 g/mol. The van der Waals surface area contributed by atoms with Crippen molar-refractivity contribution in [1.29, 1.82) is 0 Å². The molecule has 0 aliphatic carbocycles. The van der Waals surface area contributed by atoms with Crippen LogP contribution >= 0.6 is 0 Å². The van der Waals surface area contributed by atoms with Gasteiger partial charge in [-0.2, -0.15) is 5.10 Å². The fraction of sp³-hybridized carbons (Fsp3) is 0.0625. The van der Waals surface area contributed by atoms with E-state index in [0.29, 0.717) is 6.54 Å². The minimum atomic E-state index is 0.0527. The summed E-state index contributed by atoms with van der Waals surface area (Å²) in [6.45, 7) is 0.467. The Morgan fingerprint density at radius 3 is 2.71 bits per heavy atom. The molecule has 3 N–H and O–H groups in total. The molecule has 0 saturated carbocycles. The zero-order chi connectivity index (χ0) is 14.7. The van der Waals surface area contributed by atoms with Gasteiger partial charge >= 0.3 is 0 Å². The van der Waals surface area contributed by atoms with E-state index in [0.717, 1.165) is 16.9 Å². The van der Waals surface area contributed by atoms with Gasteiger partial charge in [-0.1, -0.05) is 6.07 Å². The standard InChI is InChI=1S/C16H15N3O2/c20-15-6-5-12(16(21)10-15)11-17-13-3-1-4-14(9-13)19-8-2-7-18-19/h1-10,17,20-21H,11H2. The molecule has 21 heavy (non-hydrogen) atoms. The highest BCUT2D eigenvalue weighted by molar-refractivity contribution is 5.52. The summed E-state index contributed by atoms with van der Waals surface area (Å²) in [5, 5.41) is 26.5. The maximum atomic E-state index is 9.76. The summed E-state index contributed by atoms with van der Waals surface area (Å²) in [6, 6.07) is 14.3. The average Bonchev–Trinajstić information content (AvgIpc) is 3.01. The number of hydrogen-bond acceptors (Lipinski definition) is 4. The quantitative estimate of drug-likeness (QED) is 0.687. The van der Waals surface area contributed by atoms with Crippen molar-refractivity contribution in [2.45, 2.75) is 6.54 Å². The summed E-state index contributed by atoms with van der Waals surface area (Å²) in [7, 11) is 0. The van der Waals surface area contributed by atoms with E-state index < -0.39 is 0 Å². The number of nitrogens with one attached hydrogen (secondary N) is 1. The lowest BCUT2D eigenvalue weighted by Crippen LogP contribution is -2.01. The first-order valence-electron chi connectivity index (χ1n) is 6.57. The summed E-state index contributed by atoms with van der Waals surface area (Å²) in [6.07, 6.45) is 3.61. The van der Waals surface area contributed by atoms with Crippen LogP contribution in [0.3, 0.4) is 0 Å². The summed E-state index contributed by atoms with van der Waals surface area (Å²) in [5.74, 6) is 0.127. The van der Waals surface area contributed by atoms with Crippen LogP contribution in [0.4, 0.5) is 5.69 Å². The summed E-state index contributed by atoms with van der Waals surface area (Å²) < 4.78 is 1.78. The van der Waals surface area contributed by atoms with Gasteiger partial charge in [-0.25, -0.2) is 4.68 Å². The van der Waals surface area contributed by atoms with Gasteiger partial charge in [0.25, 0.3) is 0 Å². The van der Waals surface area contributed by atoms with Gasteiger partial charge in [0.2, 0.25) is 0 Å². The Morgan fingerprint density at radius 1 is 1.05 bits per heavy atom. The van der Waals surface area contributed by atoms with Crippen LogP contribution in [0.1, 0.15) is 5.56 Å². The van der Waals surface area contributed by atoms with Crippen molar-refractivity contribution in [1.82, 2.24) is 9.78 Å². The molecule has 2 aromatic carbocycles. The highest BCUT2D eigenvalue weighted by Gasteiger charge is 2.03. The second kappa shape index (κ2) is 5.58. The van der Waals surface area contributed by atoms with Gasteiger partial charge in [-0.3, -0.25) is 0 Å². The Hall–Kier alpha value is -2.95. The second-order valence-electron chi connectivity index (χ2n) is 4.67. The van der Waals surface area contributed by atoms with E-state index in [2.05, 4.69) is 10.4 Å². The molecule has 0 saturated heterocycles. The fourth-order valence-corrected chi connectivity index (χ4v) is 2.08. The van der Waals surface area contributed by atoms with Crippen molar-refractivity contribution in [3.8, 4) is 17.2 Å². The number of phenolic OH excluding ortho intramolecular Hbond substituents is 2. The molecule has 3 rings (SSSR count). The van der Waals surface area contributed by atoms with Crippen LogP contribution in [0.2, 0.25) is 0 Å². The van der Waals surface area contributed by atoms with E-state index >= 15 is 0 Å². The highest BCUT2D eigenvalue weighted by Crippen LogP contribution is 2.23. The molecule has 1 aromatic heterocycles. The summed E-state index contributed by atoms with van der Waals surface area (Å²) >= 11 is 0. The molecule has 0 unspecified atom stereocenters. The fourth-order valence-electron chi connectivity index (χ4n) is 2.08. The molecule has 0 bridgehead atoms. The lowest BCUT2D eigenvalue weighted by molar-refractivity contribution is 0.446. The number of nitrogens with zero attached hydrogens (tertiary/aromatic N) is 2. The monoisotopic (exact) mass is 281 g/mol. The molecule has 5 nitrogen and oxygen atoms in total. The van der Waals surface area contributed by atoms with Crippen LogP contribution in [0, 0.1) is 0 Å². The average molecular weight is 281 g/mol. The molecule has 3 aromatic rings. The third-order valence-electron chi connectivity index (χ3n) is 3.17. The maximum Gasteiger partial charge on any atom is 0.124 e. The first-order valence-corrected chi connectivity index (χ1v) is 6.57. The highest BCUT2D eigenvalue weighted by atomic mass is 16.3. The molecular formula is C16H15N3O2. The van der Waals surface area contributed by atoms with Gasteiger partial charge in [0.1, 0.15) is 11.5 Å². The zero-order valence-corrected chi connectivity index (χ0v) is 11.3. The second-order valence-corrected chi connectivity index (χ2v) is 4.67. The van der Waals surface area contributed by atoms with Crippen LogP contribution in [0.15, 0.2) is 60.9 Å². The number of rotatable bonds is 4. The van der Waals surface area contributed by atoms with Gasteiger partial charge in [0.05, 0.1) is 5.69 Å². The first-order chi connectivity index (χ1) is 10.2. The van der Waals surface area contributed by atoms with Crippen molar-refractivity contribution >= 4 is 5.69 Å². The third kappa shape index (κ3) is 2.97. The SMILES string of the molecule is Oc1ccc(CNc2cccc(-n3cccn3)c2)c(O)c1. The lowest BCUT2D eigenvalue weighted by atomic mass is 10.2. The predicted molar refractivity (Wildman–Crippen MR) is 80.7 cm³/mol. The van der Waals surface area contributed by atoms with E-state index in [-0.39, 0.29) is 11.5 Å². The Bertz CT molecular complexity index is 739. The van der Waals surface area contributed by atoms with Crippen LogP contribution in [-0.4, -0.2) is 20.0 Å². The third-order valence-corrected chi connectivity index (χ3v) is 3.17. The normalized spacial score (nSPS) is 10.5. The van der Waals surface area contributed by atoms with Crippen molar-refractivity contribution in [2.24, 2.45) is 0 Å². The smallest absolute Gasteiger partial charge is 0.124 e. The molecule has 0 spiro atoms. The predicted octanol–water partition coefficient (Wildman–Crippen LogP) is 2.90. The molecule has 0 fully saturated rings. The van der Waals surface area contributed by atoms with Gasteiger partial charge in [-0.05, 0) is 36.4 Å². The molecule has 0 atom stereocenters. The number of phenols is 2. The van der Waals surface area contributed by atoms with Crippen molar-refractivity contribution in [2.75, 3.05) is 5.32 Å². The number of anilines is 1. The number of hydrogen-bond donors (Lipinski definition) is 3. The maximum absolute atomic E-state index is 9.76. The summed E-state index contributed by atoms with van der Waals surface area (Å²) in [4.78, 5) is 0. The Kier molecular flexibility index (Phi) is 3.47. The van der Waals surface area contributed by atoms with E-state index in [4.69, 9.17) is 0 Å². The molecule has 0 aliphatic heterocycles. The minimum absolute atomic E-state index is 0.0527. The first kappa shape index (κ1) is 13.1. The van der Waals surface area contributed by atoms with E-state index in [9.17, 15) is 10.2 Å². The summed E-state index contributed by atoms with van der Waals surface area (Å²) in [5.41, 5.74) is 2.60. The van der Waals surface area contributed by atoms with Crippen molar-refractivity contribution in [3.63, 3.8) is 0 Å². The Morgan fingerprint density at radius 2 is 1.95 bits per heavy atom. The molecule has 1 heterocycles. The van der Waals surface area contributed by atoms with Gasteiger partial charge in [0.15, 0.2) is 0 Å². The largest absolute Gasteiger partial charge is 0.508 e. The van der Waals surface area contributed by atoms with Crippen LogP contribution in [0.5, 0.6) is 11.5 Å². The topological polar surface area (TPSA) is 70.3 Å². The lowest BCUT2D eigenvalue weighted by Gasteiger charge is -2.10. The molecule has 0 radical (unpaired) electrons. The van der Waals surface area contributed by atoms with Gasteiger partial charge in [-0.15, -0.1) is 0 Å². The van der Waals surface area contributed by atoms with Crippen molar-refractivity contribution in [3.05, 3.63) is 66.5 Å². The molecule has 5 heteroatoms. The van der Waals surface area contributed by atoms with Crippen LogP contribution < -0.4 is 5.32 Å². The number of aromatic hydroxyl groups is 2.